The van der Waals surface area contributed by atoms with Crippen LogP contribution in [0.4, 0.5) is 0 Å². The van der Waals surface area contributed by atoms with Gasteiger partial charge in [0.1, 0.15) is 18.0 Å². The molecule has 0 aliphatic heterocycles. The van der Waals surface area contributed by atoms with Crippen molar-refractivity contribution in [1.29, 1.82) is 0 Å². The Bertz CT molecular complexity index is 1090. The molecule has 4 rings (SSSR count). The second-order valence-corrected chi connectivity index (χ2v) is 6.73. The number of aromatic nitrogens is 2. The summed E-state index contributed by atoms with van der Waals surface area (Å²) in [6, 6.07) is 20.4. The number of para-hydroxylation sites is 1. The number of carbonyl (C=O) groups excluding carboxylic acids is 1. The van der Waals surface area contributed by atoms with Gasteiger partial charge in [-0.15, -0.1) is 0 Å². The zero-order chi connectivity index (χ0) is 19.3. The van der Waals surface area contributed by atoms with Gasteiger partial charge in [-0.25, -0.2) is 4.98 Å². The molecular weight excluding hydrogens is 374 g/mol. The van der Waals surface area contributed by atoms with Crippen LogP contribution >= 0.6 is 11.6 Å². The summed E-state index contributed by atoms with van der Waals surface area (Å²) in [7, 11) is 0. The number of halogens is 1. The van der Waals surface area contributed by atoms with E-state index in [1.54, 1.807) is 18.2 Å². The molecule has 1 N–H and O–H groups in total. The molecule has 0 saturated carbocycles. The summed E-state index contributed by atoms with van der Waals surface area (Å²) in [6.07, 6.45) is 3.85. The third-order valence-electron chi connectivity index (χ3n) is 4.26. The first-order chi connectivity index (χ1) is 13.7. The SMILES string of the molecule is O=C(NCc1cccc(Cl)c1)c1ccccc1OCc1cn2ccccc2n1. The summed E-state index contributed by atoms with van der Waals surface area (Å²) in [5.41, 5.74) is 3.06. The van der Waals surface area contributed by atoms with Crippen molar-refractivity contribution in [1.82, 2.24) is 14.7 Å². The van der Waals surface area contributed by atoms with E-state index in [4.69, 9.17) is 16.3 Å². The van der Waals surface area contributed by atoms with Gasteiger partial charge >= 0.3 is 0 Å². The Morgan fingerprint density at radius 2 is 1.93 bits per heavy atom. The Kier molecular flexibility index (Phi) is 5.26. The van der Waals surface area contributed by atoms with Gasteiger partial charge in [-0.1, -0.05) is 41.9 Å². The van der Waals surface area contributed by atoms with Crippen molar-refractivity contribution in [2.24, 2.45) is 0 Å². The van der Waals surface area contributed by atoms with E-state index < -0.39 is 0 Å². The molecule has 0 aliphatic carbocycles. The molecular formula is C22H18ClN3O2. The summed E-state index contributed by atoms with van der Waals surface area (Å²) in [5, 5.41) is 3.55. The molecule has 0 atom stereocenters. The minimum absolute atomic E-state index is 0.203. The molecule has 0 bridgehead atoms. The predicted octanol–water partition coefficient (Wildman–Crippen LogP) is 4.50. The standard InChI is InChI=1S/C22H18ClN3O2/c23-17-7-5-6-16(12-17)13-24-22(27)19-8-1-2-9-20(19)28-15-18-14-26-11-4-3-10-21(26)25-18/h1-12,14H,13,15H2,(H,24,27). The van der Waals surface area contributed by atoms with Crippen molar-refractivity contribution in [2.75, 3.05) is 0 Å². The number of imidazole rings is 1. The van der Waals surface area contributed by atoms with E-state index >= 15 is 0 Å². The fraction of sp³-hybridized carbons (Fsp3) is 0.0909. The van der Waals surface area contributed by atoms with Crippen molar-refractivity contribution in [3.05, 3.63) is 101 Å². The first kappa shape index (κ1) is 18.1. The van der Waals surface area contributed by atoms with Crippen LogP contribution in [0.3, 0.4) is 0 Å². The number of nitrogens with zero attached hydrogens (tertiary/aromatic N) is 2. The average molecular weight is 392 g/mol. The van der Waals surface area contributed by atoms with E-state index in [0.717, 1.165) is 16.9 Å². The molecule has 6 heteroatoms. The van der Waals surface area contributed by atoms with Crippen LogP contribution in [0.5, 0.6) is 5.75 Å². The van der Waals surface area contributed by atoms with E-state index in [0.29, 0.717) is 22.9 Å². The van der Waals surface area contributed by atoms with Gasteiger partial charge in [-0.05, 0) is 42.0 Å². The monoisotopic (exact) mass is 391 g/mol. The van der Waals surface area contributed by atoms with Crippen molar-refractivity contribution >= 4 is 23.2 Å². The Labute approximate surface area is 167 Å². The van der Waals surface area contributed by atoms with Gasteiger partial charge in [0.15, 0.2) is 0 Å². The lowest BCUT2D eigenvalue weighted by atomic mass is 10.1. The van der Waals surface area contributed by atoms with Gasteiger partial charge in [-0.3, -0.25) is 4.79 Å². The highest BCUT2D eigenvalue weighted by molar-refractivity contribution is 6.30. The maximum atomic E-state index is 12.6. The number of pyridine rings is 1. The average Bonchev–Trinajstić information content (AvgIpc) is 3.14. The molecule has 1 amide bonds. The smallest absolute Gasteiger partial charge is 0.255 e. The van der Waals surface area contributed by atoms with E-state index in [9.17, 15) is 4.79 Å². The maximum absolute atomic E-state index is 12.6. The van der Waals surface area contributed by atoms with Crippen LogP contribution < -0.4 is 10.1 Å². The zero-order valence-electron chi connectivity index (χ0n) is 15.0. The van der Waals surface area contributed by atoms with Gasteiger partial charge in [0.25, 0.3) is 5.91 Å². The van der Waals surface area contributed by atoms with Crippen molar-refractivity contribution in [3.63, 3.8) is 0 Å². The van der Waals surface area contributed by atoms with Crippen molar-refractivity contribution in [2.45, 2.75) is 13.2 Å². The molecule has 2 heterocycles. The number of ether oxygens (including phenoxy) is 1. The quantitative estimate of drug-likeness (QED) is 0.526. The van der Waals surface area contributed by atoms with E-state index in [2.05, 4.69) is 10.3 Å². The summed E-state index contributed by atoms with van der Waals surface area (Å²) < 4.78 is 7.82. The number of benzene rings is 2. The van der Waals surface area contributed by atoms with E-state index in [1.165, 1.54) is 0 Å². The number of carbonyl (C=O) groups is 1. The number of fused-ring (bicyclic) bond motifs is 1. The fourth-order valence-electron chi connectivity index (χ4n) is 2.91. The first-order valence-electron chi connectivity index (χ1n) is 8.86. The van der Waals surface area contributed by atoms with E-state index in [-0.39, 0.29) is 12.5 Å². The second-order valence-electron chi connectivity index (χ2n) is 6.30. The molecule has 0 spiro atoms. The Hall–Kier alpha value is -3.31. The Balaban J connectivity index is 1.44. The van der Waals surface area contributed by atoms with Crippen LogP contribution in [0.25, 0.3) is 5.65 Å². The molecule has 0 saturated heterocycles. The maximum Gasteiger partial charge on any atom is 0.255 e. The number of rotatable bonds is 6. The van der Waals surface area contributed by atoms with Crippen molar-refractivity contribution < 1.29 is 9.53 Å². The molecule has 0 unspecified atom stereocenters. The van der Waals surface area contributed by atoms with Gasteiger partial charge in [0.05, 0.1) is 11.3 Å². The molecule has 140 valence electrons. The number of hydrogen-bond donors (Lipinski definition) is 1. The summed E-state index contributed by atoms with van der Waals surface area (Å²) >= 11 is 5.99. The third-order valence-corrected chi connectivity index (χ3v) is 4.50. The largest absolute Gasteiger partial charge is 0.486 e. The zero-order valence-corrected chi connectivity index (χ0v) is 15.8. The van der Waals surface area contributed by atoms with Gasteiger partial charge in [0.2, 0.25) is 0 Å². The van der Waals surface area contributed by atoms with Crippen LogP contribution in [0.15, 0.2) is 79.1 Å². The molecule has 0 fully saturated rings. The van der Waals surface area contributed by atoms with Crippen molar-refractivity contribution in [3.8, 4) is 5.75 Å². The molecule has 4 aromatic rings. The predicted molar refractivity (Wildman–Crippen MR) is 109 cm³/mol. The van der Waals surface area contributed by atoms with Gasteiger partial charge in [-0.2, -0.15) is 0 Å². The highest BCUT2D eigenvalue weighted by Gasteiger charge is 2.13. The van der Waals surface area contributed by atoms with Crippen LogP contribution in [0.2, 0.25) is 5.02 Å². The highest BCUT2D eigenvalue weighted by atomic mass is 35.5. The molecule has 0 radical (unpaired) electrons. The van der Waals surface area contributed by atoms with Gasteiger partial charge < -0.3 is 14.5 Å². The Morgan fingerprint density at radius 1 is 1.07 bits per heavy atom. The topological polar surface area (TPSA) is 55.6 Å². The lowest BCUT2D eigenvalue weighted by Gasteiger charge is -2.11. The van der Waals surface area contributed by atoms with Gasteiger partial charge in [0, 0.05) is 24.0 Å². The number of amides is 1. The lowest BCUT2D eigenvalue weighted by molar-refractivity contribution is 0.0946. The van der Waals surface area contributed by atoms with Crippen LogP contribution in [0.1, 0.15) is 21.6 Å². The molecule has 5 nitrogen and oxygen atoms in total. The molecule has 2 aromatic heterocycles. The summed E-state index contributed by atoms with van der Waals surface area (Å²) in [4.78, 5) is 17.1. The second kappa shape index (κ2) is 8.15. The molecule has 0 aliphatic rings. The summed E-state index contributed by atoms with van der Waals surface area (Å²) in [6.45, 7) is 0.667. The first-order valence-corrected chi connectivity index (χ1v) is 9.24. The molecule has 28 heavy (non-hydrogen) atoms. The number of hydrogen-bond acceptors (Lipinski definition) is 3. The van der Waals surface area contributed by atoms with E-state index in [1.807, 2.05) is 65.3 Å². The normalized spacial score (nSPS) is 10.8. The minimum Gasteiger partial charge on any atom is -0.486 e. The third kappa shape index (κ3) is 4.15. The van der Waals surface area contributed by atoms with Crippen LogP contribution in [-0.4, -0.2) is 15.3 Å². The lowest BCUT2D eigenvalue weighted by Crippen LogP contribution is -2.23. The molecule has 2 aromatic carbocycles. The van der Waals surface area contributed by atoms with Crippen LogP contribution in [-0.2, 0) is 13.2 Å². The number of nitrogens with one attached hydrogen (secondary N) is 1. The summed E-state index contributed by atoms with van der Waals surface area (Å²) in [5.74, 6) is 0.314. The highest BCUT2D eigenvalue weighted by Crippen LogP contribution is 2.20. The fourth-order valence-corrected chi connectivity index (χ4v) is 3.13. The Morgan fingerprint density at radius 3 is 2.79 bits per heavy atom. The van der Waals surface area contributed by atoms with Crippen LogP contribution in [0, 0.1) is 0 Å². The minimum atomic E-state index is -0.203.